The molecule has 0 aliphatic rings. The first-order chi connectivity index (χ1) is 8.77. The minimum Gasteiger partial charge on any atom is -0.313 e. The Morgan fingerprint density at radius 3 is 3.17 bits per heavy atom. The number of rotatable bonds is 7. The van der Waals surface area contributed by atoms with E-state index in [0.29, 0.717) is 0 Å². The molecule has 0 amide bonds. The average molecular weight is 283 g/mol. The van der Waals surface area contributed by atoms with Gasteiger partial charge in [0, 0.05) is 34.9 Å². The molecule has 2 rings (SSSR count). The summed E-state index contributed by atoms with van der Waals surface area (Å²) in [5.74, 6) is 0.760. The molecule has 98 valence electrons. The number of hydrogen-bond acceptors (Lipinski definition) is 4. The molecule has 2 aromatic rings. The number of thiophene rings is 1. The number of aromatic nitrogens is 2. The topological polar surface area (TPSA) is 57.8 Å². The summed E-state index contributed by atoms with van der Waals surface area (Å²) in [5, 5.41) is 12.6. The Balaban J connectivity index is 1.83. The van der Waals surface area contributed by atoms with Crippen molar-refractivity contribution in [2.75, 3.05) is 18.6 Å². The Morgan fingerprint density at radius 1 is 1.56 bits per heavy atom. The van der Waals surface area contributed by atoms with Crippen LogP contribution in [0, 0.1) is 0 Å². The molecule has 0 aliphatic carbocycles. The van der Waals surface area contributed by atoms with Gasteiger partial charge in [-0.25, -0.2) is 0 Å². The summed E-state index contributed by atoms with van der Waals surface area (Å²) in [6, 6.07) is 4.12. The fraction of sp³-hybridized carbons (Fsp3) is 0.417. The molecule has 0 saturated heterocycles. The standard InChI is InChI=1S/C12H17N3OS2/c1-18(16)7-3-5-13-8-10-9-14-15-12(10)11-4-2-6-17-11/h2,4,6,9,13H,3,5,7-8H2,1H3,(H,14,15). The van der Waals surface area contributed by atoms with Crippen molar-refractivity contribution in [2.45, 2.75) is 13.0 Å². The van der Waals surface area contributed by atoms with Gasteiger partial charge in [0.25, 0.3) is 0 Å². The van der Waals surface area contributed by atoms with E-state index < -0.39 is 10.8 Å². The number of nitrogens with one attached hydrogen (secondary N) is 2. The molecular formula is C12H17N3OS2. The Kier molecular flexibility index (Phi) is 5.10. The highest BCUT2D eigenvalue weighted by Gasteiger charge is 2.07. The molecule has 0 aromatic carbocycles. The van der Waals surface area contributed by atoms with E-state index in [1.54, 1.807) is 17.6 Å². The Bertz CT molecular complexity index is 493. The molecule has 0 saturated carbocycles. The van der Waals surface area contributed by atoms with Crippen LogP contribution in [0.4, 0.5) is 0 Å². The fourth-order valence-corrected chi connectivity index (χ4v) is 3.01. The van der Waals surface area contributed by atoms with Crippen LogP contribution in [0.2, 0.25) is 0 Å². The van der Waals surface area contributed by atoms with Crippen molar-refractivity contribution >= 4 is 22.1 Å². The predicted octanol–water partition coefficient (Wildman–Crippen LogP) is 2.00. The van der Waals surface area contributed by atoms with Gasteiger partial charge in [0.2, 0.25) is 0 Å². The summed E-state index contributed by atoms with van der Waals surface area (Å²) >= 11 is 1.70. The lowest BCUT2D eigenvalue weighted by Gasteiger charge is -2.04. The molecule has 1 atom stereocenters. The van der Waals surface area contributed by atoms with Crippen molar-refractivity contribution in [3.8, 4) is 10.6 Å². The summed E-state index contributed by atoms with van der Waals surface area (Å²) in [5.41, 5.74) is 2.27. The smallest absolute Gasteiger partial charge is 0.0794 e. The second kappa shape index (κ2) is 6.82. The van der Waals surface area contributed by atoms with Gasteiger partial charge in [-0.05, 0) is 24.4 Å². The van der Waals surface area contributed by atoms with E-state index in [-0.39, 0.29) is 0 Å². The van der Waals surface area contributed by atoms with Crippen LogP contribution in [-0.4, -0.2) is 33.0 Å². The summed E-state index contributed by atoms with van der Waals surface area (Å²) in [6.45, 7) is 1.68. The van der Waals surface area contributed by atoms with Crippen LogP contribution in [0.15, 0.2) is 23.7 Å². The van der Waals surface area contributed by atoms with Crippen LogP contribution in [0.3, 0.4) is 0 Å². The molecule has 6 heteroatoms. The van der Waals surface area contributed by atoms with Crippen LogP contribution in [-0.2, 0) is 17.3 Å². The SMILES string of the molecule is CS(=O)CCCNCc1cn[nH]c1-c1cccs1. The van der Waals surface area contributed by atoms with Gasteiger partial charge in [-0.2, -0.15) is 5.10 Å². The van der Waals surface area contributed by atoms with E-state index in [0.717, 1.165) is 31.0 Å². The first-order valence-corrected chi connectivity index (χ1v) is 8.45. The van der Waals surface area contributed by atoms with E-state index in [4.69, 9.17) is 0 Å². The number of H-pyrrole nitrogens is 1. The molecule has 4 nitrogen and oxygen atoms in total. The summed E-state index contributed by atoms with van der Waals surface area (Å²) in [7, 11) is -0.691. The summed E-state index contributed by atoms with van der Waals surface area (Å²) in [4.78, 5) is 1.21. The Labute approximate surface area is 113 Å². The van der Waals surface area contributed by atoms with Crippen LogP contribution in [0.25, 0.3) is 10.6 Å². The fourth-order valence-electron chi connectivity index (χ4n) is 1.70. The zero-order chi connectivity index (χ0) is 12.8. The van der Waals surface area contributed by atoms with E-state index in [2.05, 4.69) is 27.0 Å². The van der Waals surface area contributed by atoms with Gasteiger partial charge in [0.05, 0.1) is 16.8 Å². The normalized spacial score (nSPS) is 12.7. The second-order valence-electron chi connectivity index (χ2n) is 4.06. The van der Waals surface area contributed by atoms with Crippen molar-refractivity contribution < 1.29 is 4.21 Å². The van der Waals surface area contributed by atoms with Crippen LogP contribution in [0.5, 0.6) is 0 Å². The largest absolute Gasteiger partial charge is 0.313 e. The van der Waals surface area contributed by atoms with Crippen molar-refractivity contribution in [1.82, 2.24) is 15.5 Å². The lowest BCUT2D eigenvalue weighted by atomic mass is 10.2. The maximum atomic E-state index is 10.9. The highest BCUT2D eigenvalue weighted by Crippen LogP contribution is 2.25. The minimum atomic E-state index is -0.691. The van der Waals surface area contributed by atoms with Gasteiger partial charge in [-0.15, -0.1) is 11.3 Å². The van der Waals surface area contributed by atoms with Gasteiger partial charge < -0.3 is 5.32 Å². The van der Waals surface area contributed by atoms with E-state index in [9.17, 15) is 4.21 Å². The maximum absolute atomic E-state index is 10.9. The predicted molar refractivity (Wildman–Crippen MR) is 77.2 cm³/mol. The lowest BCUT2D eigenvalue weighted by molar-refractivity contribution is 0.662. The maximum Gasteiger partial charge on any atom is 0.0794 e. The number of hydrogen-bond donors (Lipinski definition) is 2. The molecule has 2 heterocycles. The molecule has 0 bridgehead atoms. The zero-order valence-corrected chi connectivity index (χ0v) is 11.9. The van der Waals surface area contributed by atoms with Gasteiger partial charge in [-0.1, -0.05) is 6.07 Å². The van der Waals surface area contributed by atoms with Gasteiger partial charge >= 0.3 is 0 Å². The number of aromatic amines is 1. The molecule has 18 heavy (non-hydrogen) atoms. The molecular weight excluding hydrogens is 266 g/mol. The molecule has 2 N–H and O–H groups in total. The molecule has 1 unspecified atom stereocenters. The number of nitrogens with zero attached hydrogens (tertiary/aromatic N) is 1. The quantitative estimate of drug-likeness (QED) is 0.764. The van der Waals surface area contributed by atoms with Crippen LogP contribution in [0.1, 0.15) is 12.0 Å². The Hall–Kier alpha value is -0.980. The third kappa shape index (κ3) is 3.76. The van der Waals surface area contributed by atoms with Crippen molar-refractivity contribution in [3.63, 3.8) is 0 Å². The van der Waals surface area contributed by atoms with Crippen LogP contribution < -0.4 is 5.32 Å². The van der Waals surface area contributed by atoms with E-state index in [1.807, 2.05) is 12.3 Å². The molecule has 2 aromatic heterocycles. The first kappa shape index (κ1) is 13.5. The van der Waals surface area contributed by atoms with Crippen LogP contribution >= 0.6 is 11.3 Å². The zero-order valence-electron chi connectivity index (χ0n) is 10.3. The second-order valence-corrected chi connectivity index (χ2v) is 6.56. The minimum absolute atomic E-state index is 0.691. The van der Waals surface area contributed by atoms with Gasteiger partial charge in [0.15, 0.2) is 0 Å². The van der Waals surface area contributed by atoms with Crippen molar-refractivity contribution in [1.29, 1.82) is 0 Å². The highest BCUT2D eigenvalue weighted by atomic mass is 32.2. The molecule has 0 aliphatic heterocycles. The van der Waals surface area contributed by atoms with Crippen molar-refractivity contribution in [3.05, 3.63) is 29.3 Å². The van der Waals surface area contributed by atoms with Crippen molar-refractivity contribution in [2.24, 2.45) is 0 Å². The molecule has 0 radical (unpaired) electrons. The van der Waals surface area contributed by atoms with E-state index >= 15 is 0 Å². The summed E-state index contributed by atoms with van der Waals surface area (Å²) in [6.07, 6.45) is 4.54. The first-order valence-electron chi connectivity index (χ1n) is 5.84. The van der Waals surface area contributed by atoms with E-state index in [1.165, 1.54) is 10.4 Å². The molecule has 0 fully saturated rings. The average Bonchev–Trinajstić information content (AvgIpc) is 2.97. The Morgan fingerprint density at radius 2 is 2.44 bits per heavy atom. The molecule has 0 spiro atoms. The summed E-state index contributed by atoms with van der Waals surface area (Å²) < 4.78 is 10.9. The third-order valence-corrected chi connectivity index (χ3v) is 4.34. The van der Waals surface area contributed by atoms with Gasteiger partial charge in [-0.3, -0.25) is 9.31 Å². The highest BCUT2D eigenvalue weighted by molar-refractivity contribution is 7.84. The monoisotopic (exact) mass is 283 g/mol. The third-order valence-electron chi connectivity index (χ3n) is 2.59. The van der Waals surface area contributed by atoms with Gasteiger partial charge in [0.1, 0.15) is 0 Å². The lowest BCUT2D eigenvalue weighted by Crippen LogP contribution is -2.16.